The van der Waals surface area contributed by atoms with Gasteiger partial charge in [-0.1, -0.05) is 24.3 Å². The van der Waals surface area contributed by atoms with E-state index < -0.39 is 17.7 Å². The van der Waals surface area contributed by atoms with Crippen molar-refractivity contribution < 1.29 is 17.9 Å². The van der Waals surface area contributed by atoms with Crippen LogP contribution >= 0.6 is 0 Å². The van der Waals surface area contributed by atoms with Crippen molar-refractivity contribution in [2.75, 3.05) is 7.11 Å². The van der Waals surface area contributed by atoms with Crippen LogP contribution in [0.15, 0.2) is 55.0 Å². The van der Waals surface area contributed by atoms with Crippen LogP contribution in [0, 0.1) is 6.92 Å². The lowest BCUT2D eigenvalue weighted by atomic mass is 9.89. The van der Waals surface area contributed by atoms with E-state index in [0.717, 1.165) is 11.8 Å². The summed E-state index contributed by atoms with van der Waals surface area (Å²) in [6.45, 7) is 1.88. The van der Waals surface area contributed by atoms with E-state index in [1.165, 1.54) is 23.9 Å². The van der Waals surface area contributed by atoms with Gasteiger partial charge in [0, 0.05) is 18.3 Å². The van der Waals surface area contributed by atoms with Gasteiger partial charge in [-0.05, 0) is 37.1 Å². The minimum absolute atomic E-state index is 0.172. The number of aromatic nitrogens is 6. The van der Waals surface area contributed by atoms with E-state index >= 15 is 0 Å². The Hall–Kier alpha value is -3.95. The molecule has 168 valence electrons. The van der Waals surface area contributed by atoms with Gasteiger partial charge in [-0.2, -0.15) is 13.2 Å². The van der Waals surface area contributed by atoms with Gasteiger partial charge in [0.05, 0.1) is 24.7 Å². The molecule has 1 aliphatic heterocycles. The SMILES string of the molecule is COc1nc(-c2nc3n(n2)C=CCC3c2ccccc2C(F)(F)F)ccc1-n1cnc(C)c1. The number of nitrogens with zero attached hydrogens (tertiary/aromatic N) is 6. The van der Waals surface area contributed by atoms with Crippen molar-refractivity contribution in [1.82, 2.24) is 29.3 Å². The molecular formula is C23H19F3N6O. The molecule has 0 bridgehead atoms. The summed E-state index contributed by atoms with van der Waals surface area (Å²) in [7, 11) is 1.51. The third-order valence-electron chi connectivity index (χ3n) is 5.48. The minimum Gasteiger partial charge on any atom is -0.479 e. The molecule has 0 amide bonds. The molecule has 1 atom stereocenters. The molecule has 0 spiro atoms. The van der Waals surface area contributed by atoms with Gasteiger partial charge < -0.3 is 9.30 Å². The summed E-state index contributed by atoms with van der Waals surface area (Å²) in [6, 6.07) is 9.15. The predicted octanol–water partition coefficient (Wildman–Crippen LogP) is 4.87. The molecule has 7 nitrogen and oxygen atoms in total. The Balaban J connectivity index is 1.55. The molecule has 33 heavy (non-hydrogen) atoms. The van der Waals surface area contributed by atoms with Gasteiger partial charge in [0.15, 0.2) is 0 Å². The Morgan fingerprint density at radius 2 is 1.91 bits per heavy atom. The standard InChI is InChI=1S/C23H19F3N6O/c1-14-12-31(13-27-14)19-10-9-18(28-22(19)33-2)20-29-21-16(7-5-11-32(21)30-20)15-6-3-4-8-17(15)23(24,25)26/h3-6,8-13,16H,7H2,1-2H3. The second-order valence-corrected chi connectivity index (χ2v) is 7.64. The molecule has 0 fully saturated rings. The molecule has 0 aliphatic carbocycles. The fourth-order valence-electron chi connectivity index (χ4n) is 3.98. The molecule has 1 unspecified atom stereocenters. The molecule has 0 radical (unpaired) electrons. The molecule has 10 heteroatoms. The van der Waals surface area contributed by atoms with Crippen molar-refractivity contribution in [2.45, 2.75) is 25.4 Å². The zero-order valence-corrected chi connectivity index (χ0v) is 17.8. The molecule has 4 heterocycles. The monoisotopic (exact) mass is 452 g/mol. The average molecular weight is 452 g/mol. The quantitative estimate of drug-likeness (QED) is 0.442. The third-order valence-corrected chi connectivity index (χ3v) is 5.48. The van der Waals surface area contributed by atoms with E-state index in [2.05, 4.69) is 20.1 Å². The Labute approximate surface area is 187 Å². The predicted molar refractivity (Wildman–Crippen MR) is 115 cm³/mol. The summed E-state index contributed by atoms with van der Waals surface area (Å²) in [4.78, 5) is 13.3. The highest BCUT2D eigenvalue weighted by molar-refractivity contribution is 5.56. The Morgan fingerprint density at radius 3 is 2.64 bits per heavy atom. The van der Waals surface area contributed by atoms with Crippen LogP contribution in [0.4, 0.5) is 13.2 Å². The first-order chi connectivity index (χ1) is 15.8. The molecule has 4 aromatic rings. The van der Waals surface area contributed by atoms with Crippen molar-refractivity contribution in [3.63, 3.8) is 0 Å². The van der Waals surface area contributed by atoms with Crippen molar-refractivity contribution in [3.8, 4) is 23.1 Å². The number of ether oxygens (including phenoxy) is 1. The summed E-state index contributed by atoms with van der Waals surface area (Å²) < 4.78 is 49.6. The van der Waals surface area contributed by atoms with Crippen molar-refractivity contribution in [2.24, 2.45) is 0 Å². The Morgan fingerprint density at radius 1 is 1.09 bits per heavy atom. The van der Waals surface area contributed by atoms with Crippen LogP contribution in [0.5, 0.6) is 5.88 Å². The van der Waals surface area contributed by atoms with E-state index in [9.17, 15) is 13.2 Å². The van der Waals surface area contributed by atoms with Crippen LogP contribution in [0.1, 0.15) is 35.0 Å². The van der Waals surface area contributed by atoms with E-state index in [0.29, 0.717) is 35.3 Å². The maximum Gasteiger partial charge on any atom is 0.416 e. The summed E-state index contributed by atoms with van der Waals surface area (Å²) >= 11 is 0. The highest BCUT2D eigenvalue weighted by Gasteiger charge is 2.37. The van der Waals surface area contributed by atoms with Gasteiger partial charge >= 0.3 is 6.18 Å². The Kier molecular flexibility index (Phi) is 4.99. The highest BCUT2D eigenvalue weighted by Crippen LogP contribution is 2.40. The van der Waals surface area contributed by atoms with E-state index in [4.69, 9.17) is 4.74 Å². The first-order valence-corrected chi connectivity index (χ1v) is 10.2. The number of halogens is 3. The molecule has 5 rings (SSSR count). The van der Waals surface area contributed by atoms with Crippen LogP contribution in [-0.2, 0) is 6.18 Å². The molecule has 1 aliphatic rings. The van der Waals surface area contributed by atoms with Gasteiger partial charge in [0.25, 0.3) is 0 Å². The summed E-state index contributed by atoms with van der Waals surface area (Å²) in [5.74, 6) is 0.508. The number of hydrogen-bond acceptors (Lipinski definition) is 5. The zero-order chi connectivity index (χ0) is 23.2. The van der Waals surface area contributed by atoms with Crippen molar-refractivity contribution in [3.05, 3.63) is 77.6 Å². The molecule has 1 aromatic carbocycles. The number of methoxy groups -OCH3 is 1. The molecule has 0 saturated heterocycles. The fraction of sp³-hybridized carbons (Fsp3) is 0.217. The third kappa shape index (κ3) is 3.77. The second-order valence-electron chi connectivity index (χ2n) is 7.64. The lowest BCUT2D eigenvalue weighted by Crippen LogP contribution is -2.16. The number of rotatable bonds is 4. The molecular weight excluding hydrogens is 433 g/mol. The summed E-state index contributed by atoms with van der Waals surface area (Å²) in [5.41, 5.74) is 1.50. The number of aryl methyl sites for hydroxylation is 1. The first-order valence-electron chi connectivity index (χ1n) is 10.2. The number of allylic oxidation sites excluding steroid dienone is 1. The molecule has 0 N–H and O–H groups in total. The summed E-state index contributed by atoms with van der Waals surface area (Å²) in [5, 5.41) is 4.47. The van der Waals surface area contributed by atoms with Gasteiger partial charge in [0.2, 0.25) is 11.7 Å². The normalized spacial score (nSPS) is 15.5. The summed E-state index contributed by atoms with van der Waals surface area (Å²) in [6.07, 6.45) is 2.94. The first kappa shape index (κ1) is 20.9. The number of hydrogen-bond donors (Lipinski definition) is 0. The van der Waals surface area contributed by atoms with Crippen LogP contribution < -0.4 is 4.74 Å². The van der Waals surface area contributed by atoms with Crippen LogP contribution in [0.3, 0.4) is 0 Å². The lowest BCUT2D eigenvalue weighted by molar-refractivity contribution is -0.138. The minimum atomic E-state index is -4.46. The number of imidazole rings is 1. The van der Waals surface area contributed by atoms with Gasteiger partial charge in [-0.25, -0.2) is 19.6 Å². The molecule has 0 saturated carbocycles. The molecule has 3 aromatic heterocycles. The number of alkyl halides is 3. The fourth-order valence-corrected chi connectivity index (χ4v) is 3.98. The smallest absolute Gasteiger partial charge is 0.416 e. The number of pyridine rings is 1. The lowest BCUT2D eigenvalue weighted by Gasteiger charge is -2.22. The highest BCUT2D eigenvalue weighted by atomic mass is 19.4. The van der Waals surface area contributed by atoms with Crippen LogP contribution in [-0.4, -0.2) is 36.4 Å². The maximum atomic E-state index is 13.6. The van der Waals surface area contributed by atoms with E-state index in [1.807, 2.05) is 19.2 Å². The van der Waals surface area contributed by atoms with Gasteiger partial charge in [-0.15, -0.1) is 5.10 Å². The van der Waals surface area contributed by atoms with Gasteiger partial charge in [-0.3, -0.25) is 0 Å². The van der Waals surface area contributed by atoms with E-state index in [1.54, 1.807) is 35.3 Å². The number of fused-ring (bicyclic) bond motifs is 1. The van der Waals surface area contributed by atoms with Crippen molar-refractivity contribution in [1.29, 1.82) is 0 Å². The maximum absolute atomic E-state index is 13.6. The Bertz CT molecular complexity index is 1350. The van der Waals surface area contributed by atoms with E-state index in [-0.39, 0.29) is 5.56 Å². The van der Waals surface area contributed by atoms with Crippen LogP contribution in [0.2, 0.25) is 0 Å². The zero-order valence-electron chi connectivity index (χ0n) is 17.8. The number of benzene rings is 1. The second kappa shape index (κ2) is 7.88. The average Bonchev–Trinajstić information content (AvgIpc) is 3.44. The largest absolute Gasteiger partial charge is 0.479 e. The van der Waals surface area contributed by atoms with Crippen LogP contribution in [0.25, 0.3) is 23.4 Å². The topological polar surface area (TPSA) is 70.7 Å². The van der Waals surface area contributed by atoms with Crippen molar-refractivity contribution >= 4 is 6.20 Å². The van der Waals surface area contributed by atoms with Gasteiger partial charge in [0.1, 0.15) is 17.2 Å².